The summed E-state index contributed by atoms with van der Waals surface area (Å²) in [6, 6.07) is 13.5. The predicted octanol–water partition coefficient (Wildman–Crippen LogP) is 2.29. The number of phenolic OH excluding ortho intramolecular Hbond substituents is 1. The molecule has 3 rings (SSSR count). The first-order valence-electron chi connectivity index (χ1n) is 9.34. The molecule has 1 aliphatic rings. The molecule has 0 aliphatic carbocycles. The zero-order chi connectivity index (χ0) is 20.8. The lowest BCUT2D eigenvalue weighted by molar-refractivity contribution is -0.135. The molecule has 152 valence electrons. The molecule has 1 fully saturated rings. The van der Waals surface area contributed by atoms with E-state index < -0.39 is 11.8 Å². The lowest BCUT2D eigenvalue weighted by Crippen LogP contribution is -2.50. The van der Waals surface area contributed by atoms with E-state index in [0.29, 0.717) is 37.4 Å². The fourth-order valence-electron chi connectivity index (χ4n) is 3.28. The van der Waals surface area contributed by atoms with Gasteiger partial charge in [-0.2, -0.15) is 0 Å². The van der Waals surface area contributed by atoms with Gasteiger partial charge in [0.25, 0.3) is 5.91 Å². The molecule has 29 heavy (non-hydrogen) atoms. The van der Waals surface area contributed by atoms with Crippen molar-refractivity contribution in [3.05, 3.63) is 64.7 Å². The molecule has 3 N–H and O–H groups in total. The van der Waals surface area contributed by atoms with Crippen molar-refractivity contribution in [1.29, 1.82) is 0 Å². The Bertz CT molecular complexity index is 904. The number of halogens is 1. The molecule has 2 aromatic carbocycles. The van der Waals surface area contributed by atoms with Gasteiger partial charge in [0.2, 0.25) is 11.8 Å². The molecular weight excluding hydrogens is 394 g/mol. The number of hydrogen-bond donors (Lipinski definition) is 3. The van der Waals surface area contributed by atoms with Gasteiger partial charge in [-0.1, -0.05) is 41.9 Å². The number of hydrogen-bond acceptors (Lipinski definition) is 4. The Morgan fingerprint density at radius 2 is 1.86 bits per heavy atom. The van der Waals surface area contributed by atoms with Gasteiger partial charge in [-0.05, 0) is 36.6 Å². The van der Waals surface area contributed by atoms with E-state index in [4.69, 9.17) is 11.6 Å². The van der Waals surface area contributed by atoms with Crippen LogP contribution in [-0.4, -0.2) is 40.8 Å². The molecule has 7 nitrogen and oxygen atoms in total. The van der Waals surface area contributed by atoms with E-state index in [1.807, 2.05) is 30.3 Å². The second-order valence-electron chi connectivity index (χ2n) is 6.95. The van der Waals surface area contributed by atoms with Gasteiger partial charge in [0, 0.05) is 18.1 Å². The molecule has 0 saturated carbocycles. The summed E-state index contributed by atoms with van der Waals surface area (Å²) in [4.78, 5) is 38.9. The number of likely N-dealkylation sites (tertiary alicyclic amines) is 1. The van der Waals surface area contributed by atoms with Crippen molar-refractivity contribution < 1.29 is 19.5 Å². The Labute approximate surface area is 173 Å². The number of amides is 3. The normalized spacial score (nSPS) is 16.2. The van der Waals surface area contributed by atoms with E-state index in [-0.39, 0.29) is 23.1 Å². The summed E-state index contributed by atoms with van der Waals surface area (Å²) in [5, 5.41) is 10.1. The summed E-state index contributed by atoms with van der Waals surface area (Å²) in [5.41, 5.74) is 5.55. The van der Waals surface area contributed by atoms with Crippen LogP contribution in [0.5, 0.6) is 5.75 Å². The fourth-order valence-corrected chi connectivity index (χ4v) is 3.45. The summed E-state index contributed by atoms with van der Waals surface area (Å²) in [6.45, 7) is 0.911. The van der Waals surface area contributed by atoms with Gasteiger partial charge in [-0.15, -0.1) is 0 Å². The van der Waals surface area contributed by atoms with Gasteiger partial charge in [0.1, 0.15) is 5.75 Å². The molecule has 1 unspecified atom stereocenters. The molecule has 1 heterocycles. The standard InChI is InChI=1S/C21H22ClN3O4/c22-16-8-9-18(26)17(12-16)21(29)24-23-20(28)15-7-4-10-25(13-15)19(27)11-14-5-2-1-3-6-14/h1-3,5-6,8-9,12,15,26H,4,7,10-11,13H2,(H,23,28)(H,24,29). The van der Waals surface area contributed by atoms with E-state index in [0.717, 1.165) is 5.56 Å². The van der Waals surface area contributed by atoms with Crippen LogP contribution in [0.4, 0.5) is 0 Å². The zero-order valence-electron chi connectivity index (χ0n) is 15.7. The van der Waals surface area contributed by atoms with Crippen molar-refractivity contribution in [3.63, 3.8) is 0 Å². The van der Waals surface area contributed by atoms with Gasteiger partial charge >= 0.3 is 0 Å². The van der Waals surface area contributed by atoms with Gasteiger partial charge in [0.05, 0.1) is 17.9 Å². The highest BCUT2D eigenvalue weighted by Gasteiger charge is 2.28. The Morgan fingerprint density at radius 1 is 1.10 bits per heavy atom. The van der Waals surface area contributed by atoms with Crippen molar-refractivity contribution in [2.24, 2.45) is 5.92 Å². The summed E-state index contributed by atoms with van der Waals surface area (Å²) in [5.74, 6) is -1.74. The summed E-state index contributed by atoms with van der Waals surface area (Å²) >= 11 is 5.83. The van der Waals surface area contributed by atoms with E-state index in [1.165, 1.54) is 18.2 Å². The first-order valence-corrected chi connectivity index (χ1v) is 9.72. The third kappa shape index (κ3) is 5.48. The minimum atomic E-state index is -0.675. The molecule has 1 saturated heterocycles. The number of rotatable bonds is 4. The molecule has 0 bridgehead atoms. The van der Waals surface area contributed by atoms with Crippen LogP contribution in [0.25, 0.3) is 0 Å². The van der Waals surface area contributed by atoms with Crippen LogP contribution in [0.1, 0.15) is 28.8 Å². The highest BCUT2D eigenvalue weighted by molar-refractivity contribution is 6.31. The van der Waals surface area contributed by atoms with E-state index >= 15 is 0 Å². The van der Waals surface area contributed by atoms with Gasteiger partial charge in [0.15, 0.2) is 0 Å². The summed E-state index contributed by atoms with van der Waals surface area (Å²) < 4.78 is 0. The Morgan fingerprint density at radius 3 is 2.62 bits per heavy atom. The SMILES string of the molecule is O=C(NNC(=O)C1CCCN(C(=O)Cc2ccccc2)C1)c1cc(Cl)ccc1O. The van der Waals surface area contributed by atoms with E-state index in [9.17, 15) is 19.5 Å². The van der Waals surface area contributed by atoms with Crippen LogP contribution >= 0.6 is 11.6 Å². The Kier molecular flexibility index (Phi) is 6.72. The molecular formula is C21H22ClN3O4. The Hall–Kier alpha value is -3.06. The third-order valence-electron chi connectivity index (χ3n) is 4.85. The molecule has 1 aliphatic heterocycles. The number of piperidine rings is 1. The molecule has 1 atom stereocenters. The number of benzene rings is 2. The van der Waals surface area contributed by atoms with E-state index in [2.05, 4.69) is 10.9 Å². The third-order valence-corrected chi connectivity index (χ3v) is 5.08. The van der Waals surface area contributed by atoms with Crippen LogP contribution in [0.15, 0.2) is 48.5 Å². The molecule has 0 aromatic heterocycles. The highest BCUT2D eigenvalue weighted by atomic mass is 35.5. The number of carbonyl (C=O) groups is 3. The van der Waals surface area contributed by atoms with Crippen molar-refractivity contribution in [3.8, 4) is 5.75 Å². The van der Waals surface area contributed by atoms with Gasteiger partial charge in [-0.25, -0.2) is 0 Å². The van der Waals surface area contributed by atoms with Crippen LogP contribution in [0.2, 0.25) is 5.02 Å². The lowest BCUT2D eigenvalue weighted by Gasteiger charge is -2.32. The first kappa shape index (κ1) is 20.7. The summed E-state index contributed by atoms with van der Waals surface area (Å²) in [7, 11) is 0. The number of hydrazine groups is 1. The maximum absolute atomic E-state index is 12.5. The number of nitrogens with zero attached hydrogens (tertiary/aromatic N) is 1. The first-order chi connectivity index (χ1) is 13.9. The number of nitrogens with one attached hydrogen (secondary N) is 2. The van der Waals surface area contributed by atoms with Gasteiger partial charge < -0.3 is 10.0 Å². The molecule has 0 radical (unpaired) electrons. The number of aromatic hydroxyl groups is 1. The van der Waals surface area contributed by atoms with E-state index in [1.54, 1.807) is 4.90 Å². The van der Waals surface area contributed by atoms with Crippen molar-refractivity contribution >= 4 is 29.3 Å². The molecule has 0 spiro atoms. The minimum absolute atomic E-state index is 0.0263. The largest absolute Gasteiger partial charge is 0.507 e. The Balaban J connectivity index is 1.53. The van der Waals surface area contributed by atoms with Crippen molar-refractivity contribution in [2.45, 2.75) is 19.3 Å². The van der Waals surface area contributed by atoms with Crippen LogP contribution in [0.3, 0.4) is 0 Å². The smallest absolute Gasteiger partial charge is 0.273 e. The minimum Gasteiger partial charge on any atom is -0.507 e. The second kappa shape index (κ2) is 9.43. The fraction of sp³-hybridized carbons (Fsp3) is 0.286. The molecule has 2 aromatic rings. The molecule has 8 heteroatoms. The van der Waals surface area contributed by atoms with Crippen LogP contribution in [-0.2, 0) is 16.0 Å². The number of phenols is 1. The maximum atomic E-state index is 12.5. The second-order valence-corrected chi connectivity index (χ2v) is 7.38. The quantitative estimate of drug-likeness (QED) is 0.667. The van der Waals surface area contributed by atoms with Crippen LogP contribution in [0, 0.1) is 5.92 Å². The molecule has 3 amide bonds. The maximum Gasteiger partial charge on any atom is 0.273 e. The lowest BCUT2D eigenvalue weighted by atomic mass is 9.97. The average molecular weight is 416 g/mol. The topological polar surface area (TPSA) is 98.7 Å². The predicted molar refractivity (Wildman–Crippen MR) is 108 cm³/mol. The van der Waals surface area contributed by atoms with Crippen LogP contribution < -0.4 is 10.9 Å². The number of carbonyl (C=O) groups excluding carboxylic acids is 3. The van der Waals surface area contributed by atoms with Gasteiger partial charge in [-0.3, -0.25) is 25.2 Å². The highest BCUT2D eigenvalue weighted by Crippen LogP contribution is 2.21. The zero-order valence-corrected chi connectivity index (χ0v) is 16.5. The monoisotopic (exact) mass is 415 g/mol. The van der Waals surface area contributed by atoms with Crippen molar-refractivity contribution in [2.75, 3.05) is 13.1 Å². The summed E-state index contributed by atoms with van der Waals surface area (Å²) in [6.07, 6.45) is 1.63. The van der Waals surface area contributed by atoms with Crippen molar-refractivity contribution in [1.82, 2.24) is 15.8 Å². The average Bonchev–Trinajstić information content (AvgIpc) is 2.74.